The minimum Gasteiger partial charge on any atom is -0.446 e. The number of hydrogen-bond donors (Lipinski definition) is 0. The van der Waals surface area contributed by atoms with Crippen molar-refractivity contribution >= 4 is 21.7 Å². The fourth-order valence-corrected chi connectivity index (χ4v) is 2.06. The van der Waals surface area contributed by atoms with E-state index in [2.05, 4.69) is 29.8 Å². The fourth-order valence-electron chi connectivity index (χ4n) is 1.75. The van der Waals surface area contributed by atoms with Crippen LogP contribution in [0.1, 0.15) is 50.1 Å². The Balaban J connectivity index is 2.71. The Kier molecular flexibility index (Phi) is 5.09. The molecule has 0 fully saturated rings. The quantitative estimate of drug-likeness (QED) is 0.717. The van der Waals surface area contributed by atoms with Gasteiger partial charge in [-0.3, -0.25) is 4.79 Å². The van der Waals surface area contributed by atoms with E-state index in [-0.39, 0.29) is 11.7 Å². The van der Waals surface area contributed by atoms with Gasteiger partial charge in [-0.25, -0.2) is 0 Å². The zero-order valence-corrected chi connectivity index (χ0v) is 10.8. The maximum Gasteiger partial charge on any atom is 0.201 e. The molecule has 0 atom stereocenters. The summed E-state index contributed by atoms with van der Waals surface area (Å²) in [6.45, 7) is 4.21. The minimum absolute atomic E-state index is 0.123. The summed E-state index contributed by atoms with van der Waals surface area (Å²) in [6, 6.07) is 3.51. The maximum atomic E-state index is 12.0. The molecule has 0 aliphatic rings. The van der Waals surface area contributed by atoms with E-state index in [9.17, 15) is 4.79 Å². The molecule has 84 valence electrons. The lowest BCUT2D eigenvalue weighted by Gasteiger charge is -2.11. The van der Waals surface area contributed by atoms with E-state index >= 15 is 0 Å². The van der Waals surface area contributed by atoms with Crippen molar-refractivity contribution in [2.75, 3.05) is 0 Å². The minimum atomic E-state index is 0.123. The van der Waals surface area contributed by atoms with E-state index in [1.54, 1.807) is 12.1 Å². The molecular weight excluding hydrogens is 256 g/mol. The van der Waals surface area contributed by atoms with Crippen LogP contribution in [0.3, 0.4) is 0 Å². The first kappa shape index (κ1) is 12.5. The van der Waals surface area contributed by atoms with Crippen molar-refractivity contribution < 1.29 is 9.21 Å². The van der Waals surface area contributed by atoms with E-state index in [1.165, 1.54) is 0 Å². The predicted molar refractivity (Wildman–Crippen MR) is 64.0 cm³/mol. The number of carbonyl (C=O) groups is 1. The van der Waals surface area contributed by atoms with Crippen LogP contribution in [0.15, 0.2) is 21.2 Å². The van der Waals surface area contributed by atoms with Gasteiger partial charge in [0.15, 0.2) is 10.4 Å². The fraction of sp³-hybridized carbons (Fsp3) is 0.583. The van der Waals surface area contributed by atoms with Crippen molar-refractivity contribution in [2.24, 2.45) is 5.92 Å². The standard InChI is InChI=1S/C12H17BrO2/c1-3-5-9(6-4-2)12(14)10-7-8-11(13)15-10/h7-9H,3-6H2,1-2H3. The molecule has 1 heterocycles. The average Bonchev–Trinajstić information content (AvgIpc) is 2.63. The summed E-state index contributed by atoms with van der Waals surface area (Å²) < 4.78 is 5.91. The van der Waals surface area contributed by atoms with Crippen LogP contribution in [0.25, 0.3) is 0 Å². The van der Waals surface area contributed by atoms with E-state index in [4.69, 9.17) is 4.42 Å². The van der Waals surface area contributed by atoms with Crippen LogP contribution in [-0.4, -0.2) is 5.78 Å². The molecule has 1 aromatic rings. The number of halogens is 1. The first-order chi connectivity index (χ1) is 7.19. The summed E-state index contributed by atoms with van der Waals surface area (Å²) in [5.74, 6) is 0.747. The molecule has 0 aliphatic heterocycles. The summed E-state index contributed by atoms with van der Waals surface area (Å²) in [5.41, 5.74) is 0. The Morgan fingerprint density at radius 2 is 1.93 bits per heavy atom. The van der Waals surface area contributed by atoms with Gasteiger partial charge >= 0.3 is 0 Å². The Hall–Kier alpha value is -0.570. The second kappa shape index (κ2) is 6.11. The number of ketones is 1. The van der Waals surface area contributed by atoms with Crippen molar-refractivity contribution in [3.8, 4) is 0 Å². The molecule has 2 nitrogen and oxygen atoms in total. The Morgan fingerprint density at radius 3 is 2.33 bits per heavy atom. The highest BCUT2D eigenvalue weighted by molar-refractivity contribution is 9.10. The third-order valence-electron chi connectivity index (χ3n) is 2.46. The average molecular weight is 273 g/mol. The summed E-state index contributed by atoms with van der Waals surface area (Å²) in [6.07, 6.45) is 3.98. The zero-order valence-electron chi connectivity index (χ0n) is 9.25. The van der Waals surface area contributed by atoms with Gasteiger partial charge in [-0.05, 0) is 40.9 Å². The molecule has 1 aromatic heterocycles. The highest BCUT2D eigenvalue weighted by Gasteiger charge is 2.21. The summed E-state index contributed by atoms with van der Waals surface area (Å²) in [7, 11) is 0. The van der Waals surface area contributed by atoms with Gasteiger partial charge in [0.1, 0.15) is 0 Å². The normalized spacial score (nSPS) is 10.9. The molecule has 15 heavy (non-hydrogen) atoms. The number of Topliss-reactive ketones (excluding diaryl/α,β-unsaturated/α-hetero) is 1. The first-order valence-electron chi connectivity index (χ1n) is 5.48. The van der Waals surface area contributed by atoms with Crippen LogP contribution in [0.4, 0.5) is 0 Å². The van der Waals surface area contributed by atoms with Crippen LogP contribution >= 0.6 is 15.9 Å². The molecule has 0 N–H and O–H groups in total. The highest BCUT2D eigenvalue weighted by Crippen LogP contribution is 2.22. The van der Waals surface area contributed by atoms with Gasteiger partial charge in [-0.1, -0.05) is 26.7 Å². The van der Waals surface area contributed by atoms with Crippen LogP contribution in [0.2, 0.25) is 0 Å². The molecular formula is C12H17BrO2. The molecule has 0 saturated carbocycles. The van der Waals surface area contributed by atoms with E-state index in [1.807, 2.05) is 0 Å². The Labute approximate surface area is 99.2 Å². The molecule has 0 unspecified atom stereocenters. The molecule has 0 radical (unpaired) electrons. The van der Waals surface area contributed by atoms with Gasteiger partial charge in [0.05, 0.1) is 0 Å². The third kappa shape index (κ3) is 3.49. The number of furan rings is 1. The van der Waals surface area contributed by atoms with Gasteiger partial charge in [0, 0.05) is 5.92 Å². The first-order valence-corrected chi connectivity index (χ1v) is 6.27. The highest BCUT2D eigenvalue weighted by atomic mass is 79.9. The molecule has 0 amide bonds. The van der Waals surface area contributed by atoms with Crippen molar-refractivity contribution in [2.45, 2.75) is 39.5 Å². The van der Waals surface area contributed by atoms with Gasteiger partial charge in [0.25, 0.3) is 0 Å². The summed E-state index contributed by atoms with van der Waals surface area (Å²) in [5, 5.41) is 0. The monoisotopic (exact) mass is 272 g/mol. The van der Waals surface area contributed by atoms with Crippen LogP contribution in [-0.2, 0) is 0 Å². The lowest BCUT2D eigenvalue weighted by atomic mass is 9.92. The maximum absolute atomic E-state index is 12.0. The lowest BCUT2D eigenvalue weighted by Crippen LogP contribution is -2.13. The summed E-state index contributed by atoms with van der Waals surface area (Å²) in [4.78, 5) is 12.0. The van der Waals surface area contributed by atoms with Crippen molar-refractivity contribution in [3.05, 3.63) is 22.6 Å². The molecule has 0 saturated heterocycles. The van der Waals surface area contributed by atoms with Crippen molar-refractivity contribution in [1.82, 2.24) is 0 Å². The smallest absolute Gasteiger partial charge is 0.201 e. The Morgan fingerprint density at radius 1 is 1.33 bits per heavy atom. The zero-order chi connectivity index (χ0) is 11.3. The molecule has 0 aliphatic carbocycles. The molecule has 1 rings (SSSR count). The second-order valence-electron chi connectivity index (χ2n) is 3.74. The van der Waals surface area contributed by atoms with Gasteiger partial charge in [-0.2, -0.15) is 0 Å². The second-order valence-corrected chi connectivity index (χ2v) is 4.52. The summed E-state index contributed by atoms with van der Waals surface area (Å²) >= 11 is 3.21. The predicted octanol–water partition coefficient (Wildman–Crippen LogP) is 4.44. The van der Waals surface area contributed by atoms with Crippen LogP contribution in [0.5, 0.6) is 0 Å². The Bertz CT molecular complexity index is 311. The van der Waals surface area contributed by atoms with E-state index < -0.39 is 0 Å². The van der Waals surface area contributed by atoms with Gasteiger partial charge in [-0.15, -0.1) is 0 Å². The van der Waals surface area contributed by atoms with Gasteiger partial charge in [0.2, 0.25) is 5.78 Å². The van der Waals surface area contributed by atoms with Crippen molar-refractivity contribution in [3.63, 3.8) is 0 Å². The number of carbonyl (C=O) groups excluding carboxylic acids is 1. The molecule has 0 bridgehead atoms. The van der Waals surface area contributed by atoms with Crippen LogP contribution in [0, 0.1) is 5.92 Å². The van der Waals surface area contributed by atoms with Gasteiger partial charge < -0.3 is 4.42 Å². The van der Waals surface area contributed by atoms with E-state index in [0.29, 0.717) is 10.4 Å². The van der Waals surface area contributed by atoms with Crippen LogP contribution < -0.4 is 0 Å². The molecule has 3 heteroatoms. The topological polar surface area (TPSA) is 30.2 Å². The third-order valence-corrected chi connectivity index (χ3v) is 2.89. The number of rotatable bonds is 6. The SMILES string of the molecule is CCCC(CCC)C(=O)c1ccc(Br)o1. The number of hydrogen-bond acceptors (Lipinski definition) is 2. The van der Waals surface area contributed by atoms with E-state index in [0.717, 1.165) is 25.7 Å². The largest absolute Gasteiger partial charge is 0.446 e. The lowest BCUT2D eigenvalue weighted by molar-refractivity contribution is 0.0875. The van der Waals surface area contributed by atoms with Crippen molar-refractivity contribution in [1.29, 1.82) is 0 Å². The molecule has 0 aromatic carbocycles. The molecule has 0 spiro atoms.